The molecule has 0 unspecified atom stereocenters. The molecule has 1 N–H and O–H groups in total. The molecular formula is C19H20N6O2. The first kappa shape index (κ1) is 18.2. The lowest BCUT2D eigenvalue weighted by molar-refractivity contribution is -0.117. The van der Waals surface area contributed by atoms with E-state index in [0.29, 0.717) is 17.2 Å². The molecule has 1 aromatic carbocycles. The largest absolute Gasteiger partial charge is 0.376 e. The van der Waals surface area contributed by atoms with Crippen molar-refractivity contribution in [1.29, 1.82) is 0 Å². The van der Waals surface area contributed by atoms with Gasteiger partial charge in [0.1, 0.15) is 12.4 Å². The van der Waals surface area contributed by atoms with Crippen LogP contribution < -0.4 is 15.8 Å². The molecule has 0 spiro atoms. The molecule has 0 fully saturated rings. The molecule has 0 bridgehead atoms. The summed E-state index contributed by atoms with van der Waals surface area (Å²) in [6.07, 6.45) is 3.24. The Morgan fingerprint density at radius 2 is 2.04 bits per heavy atom. The summed E-state index contributed by atoms with van der Waals surface area (Å²) in [6.45, 7) is 1.66. The zero-order valence-corrected chi connectivity index (χ0v) is 15.4. The summed E-state index contributed by atoms with van der Waals surface area (Å²) in [5.41, 5.74) is 2.61. The summed E-state index contributed by atoms with van der Waals surface area (Å²) < 4.78 is 1.12. The van der Waals surface area contributed by atoms with E-state index in [1.807, 2.05) is 45.3 Å². The van der Waals surface area contributed by atoms with Crippen LogP contribution in [0.3, 0.4) is 0 Å². The van der Waals surface area contributed by atoms with Crippen molar-refractivity contribution in [3.63, 3.8) is 0 Å². The van der Waals surface area contributed by atoms with Gasteiger partial charge >= 0.3 is 0 Å². The van der Waals surface area contributed by atoms with E-state index < -0.39 is 0 Å². The number of nitrogens with one attached hydrogen (secondary N) is 1. The van der Waals surface area contributed by atoms with Gasteiger partial charge in [0.25, 0.3) is 5.56 Å². The number of hydrogen-bond donors (Lipinski definition) is 1. The van der Waals surface area contributed by atoms with Crippen molar-refractivity contribution in [1.82, 2.24) is 19.7 Å². The van der Waals surface area contributed by atoms with E-state index in [4.69, 9.17) is 0 Å². The first-order valence-corrected chi connectivity index (χ1v) is 8.37. The molecule has 8 nitrogen and oxygen atoms in total. The quantitative estimate of drug-likeness (QED) is 0.741. The Balaban J connectivity index is 1.73. The molecule has 0 aliphatic rings. The Labute approximate surface area is 156 Å². The van der Waals surface area contributed by atoms with Gasteiger partial charge in [-0.2, -0.15) is 5.10 Å². The summed E-state index contributed by atoms with van der Waals surface area (Å²) in [5, 5.41) is 6.83. The van der Waals surface area contributed by atoms with Gasteiger partial charge in [0.15, 0.2) is 0 Å². The smallest absolute Gasteiger partial charge is 0.269 e. The molecule has 3 rings (SSSR count). The number of benzene rings is 1. The number of amides is 1. The zero-order chi connectivity index (χ0) is 19.4. The van der Waals surface area contributed by atoms with Gasteiger partial charge in [-0.25, -0.2) is 14.6 Å². The maximum Gasteiger partial charge on any atom is 0.269 e. The fourth-order valence-corrected chi connectivity index (χ4v) is 2.50. The average molecular weight is 364 g/mol. The lowest BCUT2D eigenvalue weighted by Crippen LogP contribution is -2.30. The fraction of sp³-hybridized carbons (Fsp3) is 0.211. The maximum absolute atomic E-state index is 12.3. The molecule has 0 atom stereocenters. The third kappa shape index (κ3) is 4.55. The lowest BCUT2D eigenvalue weighted by atomic mass is 10.1. The van der Waals surface area contributed by atoms with Crippen LogP contribution in [0.2, 0.25) is 0 Å². The van der Waals surface area contributed by atoms with E-state index in [9.17, 15) is 9.59 Å². The third-order valence-electron chi connectivity index (χ3n) is 3.88. The van der Waals surface area contributed by atoms with E-state index >= 15 is 0 Å². The Hall–Kier alpha value is -3.55. The number of aromatic nitrogens is 4. The molecule has 0 saturated carbocycles. The Kier molecular flexibility index (Phi) is 5.25. The van der Waals surface area contributed by atoms with Crippen LogP contribution >= 0.6 is 0 Å². The van der Waals surface area contributed by atoms with E-state index in [0.717, 1.165) is 15.9 Å². The van der Waals surface area contributed by atoms with Crippen molar-refractivity contribution >= 4 is 17.3 Å². The maximum atomic E-state index is 12.3. The van der Waals surface area contributed by atoms with Crippen molar-refractivity contribution in [2.75, 3.05) is 24.3 Å². The second-order valence-electron chi connectivity index (χ2n) is 6.22. The molecule has 8 heteroatoms. The molecule has 0 radical (unpaired) electrons. The molecule has 27 heavy (non-hydrogen) atoms. The minimum absolute atomic E-state index is 0.163. The van der Waals surface area contributed by atoms with Gasteiger partial charge in [-0.1, -0.05) is 12.1 Å². The minimum atomic E-state index is -0.335. The third-order valence-corrected chi connectivity index (χ3v) is 3.88. The van der Waals surface area contributed by atoms with Gasteiger partial charge < -0.3 is 10.2 Å². The van der Waals surface area contributed by atoms with E-state index in [-0.39, 0.29) is 18.0 Å². The topological polar surface area (TPSA) is 93.0 Å². The highest BCUT2D eigenvalue weighted by molar-refractivity contribution is 5.91. The molecule has 138 valence electrons. The summed E-state index contributed by atoms with van der Waals surface area (Å²) in [5.74, 6) is 0.340. The van der Waals surface area contributed by atoms with E-state index in [1.54, 1.807) is 23.4 Å². The summed E-state index contributed by atoms with van der Waals surface area (Å²) in [6, 6.07) is 10.6. The van der Waals surface area contributed by atoms with Gasteiger partial charge in [0, 0.05) is 37.6 Å². The van der Waals surface area contributed by atoms with Crippen molar-refractivity contribution < 1.29 is 4.79 Å². The Morgan fingerprint density at radius 3 is 2.74 bits per heavy atom. The van der Waals surface area contributed by atoms with Crippen molar-refractivity contribution in [3.8, 4) is 11.3 Å². The first-order valence-electron chi connectivity index (χ1n) is 8.37. The van der Waals surface area contributed by atoms with Crippen LogP contribution in [0, 0.1) is 6.92 Å². The normalized spacial score (nSPS) is 10.5. The van der Waals surface area contributed by atoms with Gasteiger partial charge in [0.2, 0.25) is 5.91 Å². The number of aryl methyl sites for hydroxylation is 1. The molecule has 1 amide bonds. The molecule has 0 aliphatic heterocycles. The molecular weight excluding hydrogens is 344 g/mol. The van der Waals surface area contributed by atoms with Crippen LogP contribution in [-0.4, -0.2) is 39.8 Å². The van der Waals surface area contributed by atoms with E-state index in [1.165, 1.54) is 6.07 Å². The number of carbonyl (C=O) groups is 1. The summed E-state index contributed by atoms with van der Waals surface area (Å²) >= 11 is 0. The highest BCUT2D eigenvalue weighted by Crippen LogP contribution is 2.20. The zero-order valence-electron chi connectivity index (χ0n) is 15.4. The Morgan fingerprint density at radius 1 is 1.22 bits per heavy atom. The van der Waals surface area contributed by atoms with Gasteiger partial charge in [-0.15, -0.1) is 0 Å². The lowest BCUT2D eigenvalue weighted by Gasteiger charge is -2.12. The van der Waals surface area contributed by atoms with Crippen molar-refractivity contribution in [3.05, 3.63) is 65.0 Å². The highest BCUT2D eigenvalue weighted by atomic mass is 16.2. The van der Waals surface area contributed by atoms with Crippen LogP contribution in [0.1, 0.15) is 5.82 Å². The van der Waals surface area contributed by atoms with Crippen LogP contribution in [0.4, 0.5) is 11.4 Å². The first-order chi connectivity index (χ1) is 12.9. The molecule has 2 aromatic heterocycles. The monoisotopic (exact) mass is 364 g/mol. The number of rotatable bonds is 5. The Bertz CT molecular complexity index is 1030. The highest BCUT2D eigenvalue weighted by Gasteiger charge is 2.09. The predicted molar refractivity (Wildman–Crippen MR) is 104 cm³/mol. The SMILES string of the molecule is Cc1nccc(-c2cccc(NC(=O)Cn3ncc(N(C)C)cc3=O)c2)n1. The van der Waals surface area contributed by atoms with Crippen LogP contribution in [0.15, 0.2) is 53.6 Å². The van der Waals surface area contributed by atoms with Crippen LogP contribution in [-0.2, 0) is 11.3 Å². The standard InChI is InChI=1S/C19H20N6O2/c1-13-20-8-7-17(22-13)14-5-4-6-15(9-14)23-18(26)12-25-19(27)10-16(11-21-25)24(2)3/h4-11H,12H2,1-3H3,(H,23,26). The second kappa shape index (κ2) is 7.77. The fourth-order valence-electron chi connectivity index (χ4n) is 2.50. The molecule has 3 aromatic rings. The number of nitrogens with zero attached hydrogens (tertiary/aromatic N) is 5. The van der Waals surface area contributed by atoms with Crippen LogP contribution in [0.25, 0.3) is 11.3 Å². The average Bonchev–Trinajstić information content (AvgIpc) is 2.63. The van der Waals surface area contributed by atoms with Gasteiger partial charge in [-0.05, 0) is 25.1 Å². The van der Waals surface area contributed by atoms with Crippen LogP contribution in [0.5, 0.6) is 0 Å². The molecule has 2 heterocycles. The number of hydrogen-bond acceptors (Lipinski definition) is 6. The summed E-state index contributed by atoms with van der Waals surface area (Å²) in [4.78, 5) is 34.6. The summed E-state index contributed by atoms with van der Waals surface area (Å²) in [7, 11) is 3.64. The second-order valence-corrected chi connectivity index (χ2v) is 6.22. The van der Waals surface area contributed by atoms with Gasteiger partial charge in [0.05, 0.1) is 17.6 Å². The van der Waals surface area contributed by atoms with Crippen molar-refractivity contribution in [2.45, 2.75) is 13.5 Å². The number of anilines is 2. The van der Waals surface area contributed by atoms with Gasteiger partial charge in [-0.3, -0.25) is 9.59 Å². The molecule has 0 aliphatic carbocycles. The number of carbonyl (C=O) groups excluding carboxylic acids is 1. The minimum Gasteiger partial charge on any atom is -0.376 e. The van der Waals surface area contributed by atoms with E-state index in [2.05, 4.69) is 20.4 Å². The molecule has 0 saturated heterocycles. The van der Waals surface area contributed by atoms with Crippen molar-refractivity contribution in [2.24, 2.45) is 0 Å². The predicted octanol–water partition coefficient (Wildman–Crippen LogP) is 1.71.